The molecule has 19 heavy (non-hydrogen) atoms. The molecular formula is C16H16FNO. The zero-order valence-electron chi connectivity index (χ0n) is 10.8. The standard InChI is InChI=1S/C16H16FNO/c1-2-18(11-13-6-4-3-5-7-13)16-9-8-14(12-19)10-15(16)17/h3-10,12H,2,11H2,1H3. The molecule has 3 heteroatoms. The second kappa shape index (κ2) is 6.14. The number of carbonyl (C=O) groups excluding carboxylic acids is 1. The molecule has 0 saturated heterocycles. The topological polar surface area (TPSA) is 20.3 Å². The third kappa shape index (κ3) is 3.19. The van der Waals surface area contributed by atoms with Crippen molar-refractivity contribution >= 4 is 12.0 Å². The molecule has 0 aliphatic heterocycles. The molecule has 2 nitrogen and oxygen atoms in total. The highest BCUT2D eigenvalue weighted by molar-refractivity contribution is 5.76. The number of rotatable bonds is 5. The van der Waals surface area contributed by atoms with E-state index < -0.39 is 0 Å². The highest BCUT2D eigenvalue weighted by Crippen LogP contribution is 2.22. The molecule has 2 aromatic carbocycles. The molecule has 0 saturated carbocycles. The van der Waals surface area contributed by atoms with Gasteiger partial charge in [-0.25, -0.2) is 4.39 Å². The summed E-state index contributed by atoms with van der Waals surface area (Å²) in [5, 5.41) is 0. The van der Waals surface area contributed by atoms with Gasteiger partial charge < -0.3 is 4.90 Å². The summed E-state index contributed by atoms with van der Waals surface area (Å²) in [5.41, 5.74) is 2.01. The average Bonchev–Trinajstić information content (AvgIpc) is 2.46. The second-order valence-corrected chi connectivity index (χ2v) is 4.33. The summed E-state index contributed by atoms with van der Waals surface area (Å²) < 4.78 is 14.0. The van der Waals surface area contributed by atoms with Gasteiger partial charge in [-0.2, -0.15) is 0 Å². The Bertz CT molecular complexity index is 554. The Hall–Kier alpha value is -2.16. The Kier molecular flexibility index (Phi) is 4.29. The first-order valence-electron chi connectivity index (χ1n) is 6.28. The van der Waals surface area contributed by atoms with Crippen molar-refractivity contribution in [3.63, 3.8) is 0 Å². The summed E-state index contributed by atoms with van der Waals surface area (Å²) in [6, 6.07) is 14.5. The molecule has 0 amide bonds. The van der Waals surface area contributed by atoms with Crippen LogP contribution >= 0.6 is 0 Å². The molecule has 0 fully saturated rings. The van der Waals surface area contributed by atoms with E-state index in [9.17, 15) is 9.18 Å². The van der Waals surface area contributed by atoms with E-state index in [2.05, 4.69) is 0 Å². The molecule has 0 aromatic heterocycles. The number of carbonyl (C=O) groups is 1. The molecule has 0 spiro atoms. The van der Waals surface area contributed by atoms with Crippen molar-refractivity contribution in [3.05, 3.63) is 65.5 Å². The molecule has 0 bridgehead atoms. The summed E-state index contributed by atoms with van der Waals surface area (Å²) in [6.45, 7) is 3.33. The Morgan fingerprint density at radius 3 is 2.47 bits per heavy atom. The summed E-state index contributed by atoms with van der Waals surface area (Å²) in [6.07, 6.45) is 0.653. The number of nitrogens with zero attached hydrogens (tertiary/aromatic N) is 1. The van der Waals surface area contributed by atoms with E-state index in [1.807, 2.05) is 42.2 Å². The van der Waals surface area contributed by atoms with Gasteiger partial charge in [0, 0.05) is 18.7 Å². The van der Waals surface area contributed by atoms with Crippen molar-refractivity contribution in [2.45, 2.75) is 13.5 Å². The lowest BCUT2D eigenvalue weighted by atomic mass is 10.1. The fourth-order valence-electron chi connectivity index (χ4n) is 2.02. The predicted octanol–water partition coefficient (Wildman–Crippen LogP) is 3.66. The van der Waals surface area contributed by atoms with Crippen LogP contribution in [0.15, 0.2) is 48.5 Å². The zero-order chi connectivity index (χ0) is 13.7. The van der Waals surface area contributed by atoms with Crippen LogP contribution in [0.1, 0.15) is 22.8 Å². The second-order valence-electron chi connectivity index (χ2n) is 4.33. The fraction of sp³-hybridized carbons (Fsp3) is 0.188. The Morgan fingerprint density at radius 2 is 1.89 bits per heavy atom. The number of hydrogen-bond donors (Lipinski definition) is 0. The molecule has 0 N–H and O–H groups in total. The average molecular weight is 257 g/mol. The molecule has 0 aliphatic carbocycles. The lowest BCUT2D eigenvalue weighted by Crippen LogP contribution is -2.23. The summed E-state index contributed by atoms with van der Waals surface area (Å²) in [7, 11) is 0. The van der Waals surface area contributed by atoms with E-state index in [0.29, 0.717) is 30.6 Å². The Morgan fingerprint density at radius 1 is 1.16 bits per heavy atom. The van der Waals surface area contributed by atoms with Crippen molar-refractivity contribution < 1.29 is 9.18 Å². The van der Waals surface area contributed by atoms with E-state index in [-0.39, 0.29) is 5.82 Å². The fourth-order valence-corrected chi connectivity index (χ4v) is 2.02. The molecule has 98 valence electrons. The van der Waals surface area contributed by atoms with Crippen molar-refractivity contribution in [3.8, 4) is 0 Å². The van der Waals surface area contributed by atoms with Crippen LogP contribution in [0, 0.1) is 5.82 Å². The van der Waals surface area contributed by atoms with Crippen LogP contribution in [0.4, 0.5) is 10.1 Å². The van der Waals surface area contributed by atoms with Crippen LogP contribution in [0.5, 0.6) is 0 Å². The van der Waals surface area contributed by atoms with E-state index in [0.717, 1.165) is 5.56 Å². The lowest BCUT2D eigenvalue weighted by Gasteiger charge is -2.23. The van der Waals surface area contributed by atoms with Gasteiger partial charge in [-0.05, 0) is 30.7 Å². The monoisotopic (exact) mass is 257 g/mol. The van der Waals surface area contributed by atoms with Crippen molar-refractivity contribution in [1.82, 2.24) is 0 Å². The smallest absolute Gasteiger partial charge is 0.150 e. The van der Waals surface area contributed by atoms with Gasteiger partial charge in [0.25, 0.3) is 0 Å². The molecule has 2 rings (SSSR count). The van der Waals surface area contributed by atoms with Gasteiger partial charge in [-0.1, -0.05) is 30.3 Å². The molecule has 0 aliphatic rings. The summed E-state index contributed by atoms with van der Waals surface area (Å²) >= 11 is 0. The molecular weight excluding hydrogens is 241 g/mol. The SMILES string of the molecule is CCN(Cc1ccccc1)c1ccc(C=O)cc1F. The van der Waals surface area contributed by atoms with Crippen molar-refractivity contribution in [2.24, 2.45) is 0 Å². The quantitative estimate of drug-likeness (QED) is 0.762. The first-order valence-corrected chi connectivity index (χ1v) is 6.28. The largest absolute Gasteiger partial charge is 0.365 e. The van der Waals surface area contributed by atoms with Gasteiger partial charge in [-0.3, -0.25) is 4.79 Å². The van der Waals surface area contributed by atoms with Gasteiger partial charge in [-0.15, -0.1) is 0 Å². The Balaban J connectivity index is 2.24. The number of benzene rings is 2. The maximum Gasteiger partial charge on any atom is 0.150 e. The molecule has 0 atom stereocenters. The normalized spacial score (nSPS) is 10.2. The Labute approximate surface area is 112 Å². The van der Waals surface area contributed by atoms with E-state index >= 15 is 0 Å². The van der Waals surface area contributed by atoms with Crippen molar-refractivity contribution in [1.29, 1.82) is 0 Å². The van der Waals surface area contributed by atoms with Gasteiger partial charge in [0.1, 0.15) is 12.1 Å². The molecule has 0 unspecified atom stereocenters. The maximum absolute atomic E-state index is 14.0. The van der Waals surface area contributed by atoms with E-state index in [4.69, 9.17) is 0 Å². The third-order valence-corrected chi connectivity index (χ3v) is 3.05. The van der Waals surface area contributed by atoms with E-state index in [1.165, 1.54) is 6.07 Å². The number of halogens is 1. The zero-order valence-corrected chi connectivity index (χ0v) is 10.8. The minimum absolute atomic E-state index is 0.358. The number of hydrogen-bond acceptors (Lipinski definition) is 2. The first-order chi connectivity index (χ1) is 9.24. The number of aldehydes is 1. The van der Waals surface area contributed by atoms with E-state index in [1.54, 1.807) is 12.1 Å². The van der Waals surface area contributed by atoms with Gasteiger partial charge in [0.15, 0.2) is 0 Å². The number of anilines is 1. The van der Waals surface area contributed by atoms with Crippen LogP contribution in [-0.4, -0.2) is 12.8 Å². The van der Waals surface area contributed by atoms with Crippen LogP contribution in [0.2, 0.25) is 0 Å². The lowest BCUT2D eigenvalue weighted by molar-refractivity contribution is 0.112. The highest BCUT2D eigenvalue weighted by atomic mass is 19.1. The van der Waals surface area contributed by atoms with Gasteiger partial charge in [0.2, 0.25) is 0 Å². The maximum atomic E-state index is 14.0. The highest BCUT2D eigenvalue weighted by Gasteiger charge is 2.11. The van der Waals surface area contributed by atoms with Crippen LogP contribution in [-0.2, 0) is 6.54 Å². The molecule has 0 heterocycles. The minimum Gasteiger partial charge on any atom is -0.365 e. The molecule has 0 radical (unpaired) electrons. The van der Waals surface area contributed by atoms with Gasteiger partial charge >= 0.3 is 0 Å². The molecule has 2 aromatic rings. The van der Waals surface area contributed by atoms with Gasteiger partial charge in [0.05, 0.1) is 5.69 Å². The predicted molar refractivity (Wildman–Crippen MR) is 75.0 cm³/mol. The third-order valence-electron chi connectivity index (χ3n) is 3.05. The van der Waals surface area contributed by atoms with Crippen LogP contribution < -0.4 is 4.90 Å². The van der Waals surface area contributed by atoms with Crippen LogP contribution in [0.3, 0.4) is 0 Å². The minimum atomic E-state index is -0.359. The van der Waals surface area contributed by atoms with Crippen molar-refractivity contribution in [2.75, 3.05) is 11.4 Å². The summed E-state index contributed by atoms with van der Waals surface area (Å²) in [4.78, 5) is 12.6. The summed E-state index contributed by atoms with van der Waals surface area (Å²) in [5.74, 6) is -0.359. The van der Waals surface area contributed by atoms with Crippen LogP contribution in [0.25, 0.3) is 0 Å². The first kappa shape index (κ1) is 13.3.